The van der Waals surface area contributed by atoms with Gasteiger partial charge in [-0.1, -0.05) is 36.4 Å². The first-order chi connectivity index (χ1) is 13.0. The summed E-state index contributed by atoms with van der Waals surface area (Å²) in [6.45, 7) is 0. The third-order valence-electron chi connectivity index (χ3n) is 4.21. The van der Waals surface area contributed by atoms with E-state index in [4.69, 9.17) is 0 Å². The molecule has 6 heteroatoms. The lowest BCUT2D eigenvalue weighted by Gasteiger charge is -2.11. The van der Waals surface area contributed by atoms with E-state index in [0.717, 1.165) is 28.7 Å². The van der Waals surface area contributed by atoms with Crippen LogP contribution >= 0.6 is 0 Å². The molecule has 0 unspecified atom stereocenters. The van der Waals surface area contributed by atoms with Gasteiger partial charge in [-0.15, -0.1) is 0 Å². The lowest BCUT2D eigenvalue weighted by Crippen LogP contribution is -2.04. The molecule has 0 saturated carbocycles. The fraction of sp³-hybridized carbons (Fsp3) is 0.0476. The van der Waals surface area contributed by atoms with Crippen LogP contribution in [-0.4, -0.2) is 9.97 Å². The van der Waals surface area contributed by atoms with Gasteiger partial charge in [0, 0.05) is 11.1 Å². The van der Waals surface area contributed by atoms with Crippen LogP contribution in [0.4, 0.5) is 24.7 Å². The van der Waals surface area contributed by atoms with Crippen LogP contribution in [0.1, 0.15) is 5.56 Å². The second-order valence-electron chi connectivity index (χ2n) is 6.02. The van der Waals surface area contributed by atoms with E-state index in [-0.39, 0.29) is 0 Å². The Morgan fingerprint density at radius 1 is 0.741 bits per heavy atom. The second kappa shape index (κ2) is 6.72. The number of fused-ring (bicyclic) bond motifs is 1. The Labute approximate surface area is 153 Å². The number of nitrogens with one attached hydrogen (secondary N) is 1. The maximum atomic E-state index is 12.9. The van der Waals surface area contributed by atoms with Crippen molar-refractivity contribution in [3.8, 4) is 11.1 Å². The third kappa shape index (κ3) is 3.60. The average Bonchev–Trinajstić information content (AvgIpc) is 2.68. The highest BCUT2D eigenvalue weighted by atomic mass is 19.4. The summed E-state index contributed by atoms with van der Waals surface area (Å²) in [6, 6.07) is 20.1. The Morgan fingerprint density at radius 3 is 2.30 bits per heavy atom. The third-order valence-corrected chi connectivity index (χ3v) is 4.21. The van der Waals surface area contributed by atoms with Crippen molar-refractivity contribution in [3.63, 3.8) is 0 Å². The molecule has 0 aliphatic rings. The molecule has 3 nitrogen and oxygen atoms in total. The Balaban J connectivity index is 1.61. The Kier molecular flexibility index (Phi) is 4.24. The highest BCUT2D eigenvalue weighted by molar-refractivity contribution is 5.90. The van der Waals surface area contributed by atoms with Crippen molar-refractivity contribution < 1.29 is 13.2 Å². The number of hydrogen-bond acceptors (Lipinski definition) is 3. The Hall–Kier alpha value is -3.41. The fourth-order valence-corrected chi connectivity index (χ4v) is 2.86. The molecule has 1 N–H and O–H groups in total. The summed E-state index contributed by atoms with van der Waals surface area (Å²) in [5.41, 5.74) is 2.18. The minimum atomic E-state index is -4.36. The molecule has 3 aromatic carbocycles. The molecular formula is C21H14F3N3. The predicted molar refractivity (Wildman–Crippen MR) is 99.7 cm³/mol. The minimum Gasteiger partial charge on any atom is -0.340 e. The molecule has 1 heterocycles. The van der Waals surface area contributed by atoms with Crippen LogP contribution in [0.15, 0.2) is 79.1 Å². The standard InChI is InChI=1S/C21H14F3N3/c22-21(23,24)16-5-3-4-15(12-16)14-8-10-17(11-9-14)27-20-18-6-1-2-7-19(18)25-13-26-20/h1-13H,(H,25,26,27). The molecule has 0 atom stereocenters. The van der Waals surface area contributed by atoms with Gasteiger partial charge in [-0.05, 0) is 47.5 Å². The second-order valence-corrected chi connectivity index (χ2v) is 6.02. The molecule has 0 spiro atoms. The van der Waals surface area contributed by atoms with Crippen LogP contribution in [0.2, 0.25) is 0 Å². The highest BCUT2D eigenvalue weighted by Crippen LogP contribution is 2.32. The van der Waals surface area contributed by atoms with Crippen molar-refractivity contribution in [2.45, 2.75) is 6.18 Å². The SMILES string of the molecule is FC(F)(F)c1cccc(-c2ccc(Nc3ncnc4ccccc34)cc2)c1. The summed E-state index contributed by atoms with van der Waals surface area (Å²) in [5.74, 6) is 0.674. The molecular weight excluding hydrogens is 351 g/mol. The molecule has 0 amide bonds. The van der Waals surface area contributed by atoms with Crippen LogP contribution in [0.3, 0.4) is 0 Å². The lowest BCUT2D eigenvalue weighted by molar-refractivity contribution is -0.137. The zero-order chi connectivity index (χ0) is 18.9. The van der Waals surface area contributed by atoms with E-state index < -0.39 is 11.7 Å². The van der Waals surface area contributed by atoms with Crippen molar-refractivity contribution in [2.24, 2.45) is 0 Å². The molecule has 1 aromatic heterocycles. The summed E-state index contributed by atoms with van der Waals surface area (Å²) < 4.78 is 38.7. The lowest BCUT2D eigenvalue weighted by atomic mass is 10.0. The quantitative estimate of drug-likeness (QED) is 0.480. The molecule has 0 fully saturated rings. The number of anilines is 2. The van der Waals surface area contributed by atoms with E-state index in [9.17, 15) is 13.2 Å². The van der Waals surface area contributed by atoms with Crippen LogP contribution in [0, 0.1) is 0 Å². The number of rotatable bonds is 3. The van der Waals surface area contributed by atoms with Crippen molar-refractivity contribution in [3.05, 3.63) is 84.7 Å². The first-order valence-corrected chi connectivity index (χ1v) is 8.25. The molecule has 4 rings (SSSR count). The first-order valence-electron chi connectivity index (χ1n) is 8.25. The molecule has 0 bridgehead atoms. The molecule has 0 aliphatic carbocycles. The smallest absolute Gasteiger partial charge is 0.340 e. The van der Waals surface area contributed by atoms with Gasteiger partial charge in [-0.25, -0.2) is 9.97 Å². The summed E-state index contributed by atoms with van der Waals surface area (Å²) in [5, 5.41) is 4.12. The number of nitrogens with zero attached hydrogens (tertiary/aromatic N) is 2. The maximum Gasteiger partial charge on any atom is 0.416 e. The van der Waals surface area contributed by atoms with Crippen LogP contribution in [-0.2, 0) is 6.18 Å². The minimum absolute atomic E-state index is 0.517. The number of alkyl halides is 3. The zero-order valence-corrected chi connectivity index (χ0v) is 14.0. The molecule has 0 radical (unpaired) electrons. The van der Waals surface area contributed by atoms with E-state index >= 15 is 0 Å². The van der Waals surface area contributed by atoms with Crippen molar-refractivity contribution >= 4 is 22.4 Å². The normalized spacial score (nSPS) is 11.5. The van der Waals surface area contributed by atoms with E-state index in [1.807, 2.05) is 36.4 Å². The maximum absolute atomic E-state index is 12.9. The number of para-hydroxylation sites is 1. The van der Waals surface area contributed by atoms with E-state index in [0.29, 0.717) is 16.9 Å². The van der Waals surface area contributed by atoms with Gasteiger partial charge in [0.1, 0.15) is 12.1 Å². The number of aromatic nitrogens is 2. The van der Waals surface area contributed by atoms with Gasteiger partial charge in [0.2, 0.25) is 0 Å². The largest absolute Gasteiger partial charge is 0.416 e. The summed E-state index contributed by atoms with van der Waals surface area (Å²) >= 11 is 0. The van der Waals surface area contributed by atoms with Crippen LogP contribution in [0.25, 0.3) is 22.0 Å². The van der Waals surface area contributed by atoms with E-state index in [1.54, 1.807) is 18.2 Å². The van der Waals surface area contributed by atoms with E-state index in [1.165, 1.54) is 12.4 Å². The summed E-state index contributed by atoms with van der Waals surface area (Å²) in [7, 11) is 0. The molecule has 0 aliphatic heterocycles. The number of hydrogen-bond donors (Lipinski definition) is 1. The van der Waals surface area contributed by atoms with Crippen molar-refractivity contribution in [2.75, 3.05) is 5.32 Å². The van der Waals surface area contributed by atoms with Gasteiger partial charge in [0.15, 0.2) is 0 Å². The molecule has 4 aromatic rings. The van der Waals surface area contributed by atoms with Gasteiger partial charge in [0.25, 0.3) is 0 Å². The van der Waals surface area contributed by atoms with Gasteiger partial charge < -0.3 is 5.32 Å². The van der Waals surface area contributed by atoms with Crippen molar-refractivity contribution in [1.82, 2.24) is 9.97 Å². The molecule has 0 saturated heterocycles. The Bertz CT molecular complexity index is 1080. The number of benzene rings is 3. The van der Waals surface area contributed by atoms with Crippen LogP contribution < -0.4 is 5.32 Å². The average molecular weight is 365 g/mol. The molecule has 134 valence electrons. The zero-order valence-electron chi connectivity index (χ0n) is 14.0. The van der Waals surface area contributed by atoms with Gasteiger partial charge in [0.05, 0.1) is 11.1 Å². The predicted octanol–water partition coefficient (Wildman–Crippen LogP) is 6.06. The topological polar surface area (TPSA) is 37.8 Å². The fourth-order valence-electron chi connectivity index (χ4n) is 2.86. The Morgan fingerprint density at radius 2 is 1.52 bits per heavy atom. The van der Waals surface area contributed by atoms with E-state index in [2.05, 4.69) is 15.3 Å². The number of halogens is 3. The summed E-state index contributed by atoms with van der Waals surface area (Å²) in [6.07, 6.45) is -2.87. The summed E-state index contributed by atoms with van der Waals surface area (Å²) in [4.78, 5) is 8.50. The van der Waals surface area contributed by atoms with Gasteiger partial charge >= 0.3 is 6.18 Å². The first kappa shape index (κ1) is 17.0. The van der Waals surface area contributed by atoms with Gasteiger partial charge in [-0.3, -0.25) is 0 Å². The molecule has 27 heavy (non-hydrogen) atoms. The monoisotopic (exact) mass is 365 g/mol. The highest BCUT2D eigenvalue weighted by Gasteiger charge is 2.30. The van der Waals surface area contributed by atoms with Gasteiger partial charge in [-0.2, -0.15) is 13.2 Å². The van der Waals surface area contributed by atoms with Crippen molar-refractivity contribution in [1.29, 1.82) is 0 Å². The van der Waals surface area contributed by atoms with Crippen LogP contribution in [0.5, 0.6) is 0 Å².